The summed E-state index contributed by atoms with van der Waals surface area (Å²) in [5.41, 5.74) is 7.26. The van der Waals surface area contributed by atoms with E-state index in [1.807, 2.05) is 18.1 Å². The Hall–Kier alpha value is -3.33. The number of phenolic OH excluding ortho intramolecular Hbond substituents is 1. The molecule has 36 heavy (non-hydrogen) atoms. The van der Waals surface area contributed by atoms with Crippen LogP contribution in [0.4, 0.5) is 5.69 Å². The van der Waals surface area contributed by atoms with E-state index in [2.05, 4.69) is 65.6 Å². The van der Waals surface area contributed by atoms with Crippen LogP contribution in [0.2, 0.25) is 0 Å². The molecule has 2 heterocycles. The number of hydrogen-bond donors (Lipinski definition) is 1. The average Bonchev–Trinajstić information content (AvgIpc) is 2.94. The van der Waals surface area contributed by atoms with Crippen molar-refractivity contribution in [3.05, 3.63) is 101 Å². The van der Waals surface area contributed by atoms with Gasteiger partial charge in [-0.25, -0.2) is 4.79 Å². The second kappa shape index (κ2) is 9.61. The Morgan fingerprint density at radius 2 is 1.67 bits per heavy atom. The maximum atomic E-state index is 10.9. The summed E-state index contributed by atoms with van der Waals surface area (Å²) in [6.45, 7) is 2.39. The molecule has 3 aliphatic rings. The number of fused-ring (bicyclic) bond motifs is 1. The second-order valence-corrected chi connectivity index (χ2v) is 10.7. The number of phenols is 1. The fraction of sp³-hybridized carbons (Fsp3) is 0.375. The lowest BCUT2D eigenvalue weighted by Crippen LogP contribution is -2.48. The summed E-state index contributed by atoms with van der Waals surface area (Å²) in [6.07, 6.45) is 5.80. The molecule has 3 aromatic rings. The molecule has 0 unspecified atom stereocenters. The van der Waals surface area contributed by atoms with Crippen LogP contribution in [0.1, 0.15) is 66.2 Å². The van der Waals surface area contributed by atoms with Crippen molar-refractivity contribution in [3.63, 3.8) is 0 Å². The smallest absolute Gasteiger partial charge is 0.125 e. The Balaban J connectivity index is 1.23. The first-order chi connectivity index (χ1) is 17.6. The van der Waals surface area contributed by atoms with Crippen LogP contribution in [0.25, 0.3) is 0 Å². The largest absolute Gasteiger partial charge is 0.508 e. The molecule has 1 N–H and O–H groups in total. The minimum atomic E-state index is -0.0724. The molecular weight excluding hydrogens is 446 g/mol. The first-order valence-corrected chi connectivity index (χ1v) is 13.2. The van der Waals surface area contributed by atoms with Crippen LogP contribution >= 0.6 is 0 Å². The van der Waals surface area contributed by atoms with Gasteiger partial charge in [0.15, 0.2) is 0 Å². The fourth-order valence-electron chi connectivity index (χ4n) is 6.58. The van der Waals surface area contributed by atoms with Gasteiger partial charge in [0.05, 0.1) is 12.2 Å². The summed E-state index contributed by atoms with van der Waals surface area (Å²) in [4.78, 5) is 13.4. The molecule has 0 saturated carbocycles. The van der Waals surface area contributed by atoms with Crippen LogP contribution in [-0.4, -0.2) is 36.3 Å². The molecule has 4 heteroatoms. The van der Waals surface area contributed by atoms with Gasteiger partial charge in [0.1, 0.15) is 11.7 Å². The molecule has 0 radical (unpaired) electrons. The summed E-state index contributed by atoms with van der Waals surface area (Å²) < 4.78 is 6.14. The lowest BCUT2D eigenvalue weighted by molar-refractivity contribution is -0.0730. The van der Waals surface area contributed by atoms with Crippen LogP contribution in [0.15, 0.2) is 78.4 Å². The third-order valence-corrected chi connectivity index (χ3v) is 8.69. The quantitative estimate of drug-likeness (QED) is 0.457. The lowest BCUT2D eigenvalue weighted by atomic mass is 9.69. The molecule has 1 aliphatic carbocycles. The highest BCUT2D eigenvalue weighted by Crippen LogP contribution is 2.47. The highest BCUT2D eigenvalue weighted by Gasteiger charge is 2.38. The van der Waals surface area contributed by atoms with Crippen LogP contribution in [0.3, 0.4) is 0 Å². The third-order valence-electron chi connectivity index (χ3n) is 8.69. The van der Waals surface area contributed by atoms with Crippen molar-refractivity contribution in [2.45, 2.75) is 56.0 Å². The fourth-order valence-corrected chi connectivity index (χ4v) is 6.58. The van der Waals surface area contributed by atoms with Crippen LogP contribution in [-0.2, 0) is 16.0 Å². The van der Waals surface area contributed by atoms with Gasteiger partial charge in [-0.3, -0.25) is 0 Å². The van der Waals surface area contributed by atoms with Gasteiger partial charge in [0.25, 0.3) is 0 Å². The number of nitrogens with zero attached hydrogens (tertiary/aromatic N) is 1. The van der Waals surface area contributed by atoms with E-state index in [0.29, 0.717) is 18.3 Å². The number of carbonyl (C=O) groups excluding carboxylic acids is 1. The SMILES string of the molecule is O=C=C1CCC2(CCN(c3ccc([C@@H]4c5ccc(O)cc5CC[C@@H]4c4ccccc4)cc3)CC2)OC1. The van der Waals surface area contributed by atoms with Crippen molar-refractivity contribution in [2.24, 2.45) is 0 Å². The molecule has 2 aliphatic heterocycles. The Morgan fingerprint density at radius 1 is 0.889 bits per heavy atom. The van der Waals surface area contributed by atoms with Crippen molar-refractivity contribution in [3.8, 4) is 5.75 Å². The molecule has 2 fully saturated rings. The summed E-state index contributed by atoms with van der Waals surface area (Å²) in [6, 6.07) is 25.9. The number of aryl methyl sites for hydroxylation is 1. The van der Waals surface area contributed by atoms with E-state index in [9.17, 15) is 9.90 Å². The first-order valence-electron chi connectivity index (χ1n) is 13.2. The molecule has 1 spiro atoms. The summed E-state index contributed by atoms with van der Waals surface area (Å²) in [5, 5.41) is 10.1. The topological polar surface area (TPSA) is 49.8 Å². The zero-order chi connectivity index (χ0) is 24.5. The van der Waals surface area contributed by atoms with Crippen molar-refractivity contribution >= 4 is 11.6 Å². The van der Waals surface area contributed by atoms with Gasteiger partial charge in [0.2, 0.25) is 0 Å². The molecule has 0 bridgehead atoms. The first kappa shape index (κ1) is 23.1. The number of ether oxygens (including phenoxy) is 1. The highest BCUT2D eigenvalue weighted by molar-refractivity contribution is 5.54. The number of anilines is 1. The number of piperidine rings is 1. The third kappa shape index (κ3) is 4.36. The Kier molecular flexibility index (Phi) is 6.17. The minimum Gasteiger partial charge on any atom is -0.508 e. The van der Waals surface area contributed by atoms with Gasteiger partial charge < -0.3 is 14.7 Å². The van der Waals surface area contributed by atoms with E-state index in [-0.39, 0.29) is 11.5 Å². The summed E-state index contributed by atoms with van der Waals surface area (Å²) >= 11 is 0. The molecule has 3 aromatic carbocycles. The Labute approximate surface area is 213 Å². The predicted molar refractivity (Wildman–Crippen MR) is 142 cm³/mol. The van der Waals surface area contributed by atoms with Gasteiger partial charge in [-0.2, -0.15) is 0 Å². The molecular formula is C32H33NO3. The molecule has 0 aromatic heterocycles. The highest BCUT2D eigenvalue weighted by atomic mass is 16.5. The maximum absolute atomic E-state index is 10.9. The maximum Gasteiger partial charge on any atom is 0.125 e. The molecule has 2 saturated heterocycles. The van der Waals surface area contributed by atoms with Crippen molar-refractivity contribution < 1.29 is 14.6 Å². The summed E-state index contributed by atoms with van der Waals surface area (Å²) in [5.74, 6) is 3.07. The Morgan fingerprint density at radius 3 is 2.36 bits per heavy atom. The van der Waals surface area contributed by atoms with Gasteiger partial charge in [-0.05, 0) is 91.0 Å². The van der Waals surface area contributed by atoms with Crippen LogP contribution in [0, 0.1) is 0 Å². The van der Waals surface area contributed by atoms with E-state index in [4.69, 9.17) is 4.74 Å². The molecule has 184 valence electrons. The second-order valence-electron chi connectivity index (χ2n) is 10.7. The standard InChI is InChI=1S/C32H33NO3/c34-21-23-14-15-32(36-22-23)16-18-33(19-17-32)27-9-6-25(7-10-27)31-29(24-4-2-1-3-5-24)12-8-26-20-28(35)11-13-30(26)31/h1-7,9-11,13,20,29,31,35H,8,12,14-19,22H2/t29-,31+/m1/s1. The van der Waals surface area contributed by atoms with E-state index < -0.39 is 0 Å². The van der Waals surface area contributed by atoms with Crippen molar-refractivity contribution in [1.82, 2.24) is 0 Å². The zero-order valence-corrected chi connectivity index (χ0v) is 20.7. The number of aromatic hydroxyl groups is 1. The van der Waals surface area contributed by atoms with Crippen molar-refractivity contribution in [2.75, 3.05) is 24.6 Å². The predicted octanol–water partition coefficient (Wildman–Crippen LogP) is 6.16. The molecule has 6 rings (SSSR count). The van der Waals surface area contributed by atoms with Gasteiger partial charge in [-0.15, -0.1) is 0 Å². The Bertz CT molecular complexity index is 1260. The van der Waals surface area contributed by atoms with E-state index in [1.54, 1.807) is 0 Å². The molecule has 2 atom stereocenters. The lowest BCUT2D eigenvalue weighted by Gasteiger charge is -2.44. The monoisotopic (exact) mass is 479 g/mol. The average molecular weight is 480 g/mol. The minimum absolute atomic E-state index is 0.0724. The van der Waals surface area contributed by atoms with E-state index in [1.165, 1.54) is 27.9 Å². The molecule has 0 amide bonds. The number of hydrogen-bond acceptors (Lipinski definition) is 4. The van der Waals surface area contributed by atoms with Gasteiger partial charge in [-0.1, -0.05) is 48.5 Å². The van der Waals surface area contributed by atoms with Gasteiger partial charge in [0, 0.05) is 30.3 Å². The van der Waals surface area contributed by atoms with Crippen molar-refractivity contribution in [1.29, 1.82) is 0 Å². The number of rotatable bonds is 3. The zero-order valence-electron chi connectivity index (χ0n) is 20.7. The normalized spacial score (nSPS) is 23.2. The molecule has 4 nitrogen and oxygen atoms in total. The number of benzene rings is 3. The van der Waals surface area contributed by atoms with Gasteiger partial charge >= 0.3 is 0 Å². The van der Waals surface area contributed by atoms with Crippen LogP contribution < -0.4 is 4.90 Å². The van der Waals surface area contributed by atoms with E-state index >= 15 is 0 Å². The summed E-state index contributed by atoms with van der Waals surface area (Å²) in [7, 11) is 0. The van der Waals surface area contributed by atoms with Crippen LogP contribution in [0.5, 0.6) is 5.75 Å². The van der Waals surface area contributed by atoms with E-state index in [0.717, 1.165) is 57.2 Å².